The van der Waals surface area contributed by atoms with Gasteiger partial charge in [-0.1, -0.05) is 26.0 Å². The lowest BCUT2D eigenvalue weighted by atomic mass is 10.0. The van der Waals surface area contributed by atoms with Gasteiger partial charge in [0.25, 0.3) is 0 Å². The van der Waals surface area contributed by atoms with E-state index in [4.69, 9.17) is 4.74 Å². The van der Waals surface area contributed by atoms with Crippen LogP contribution in [-0.4, -0.2) is 47.5 Å². The van der Waals surface area contributed by atoms with E-state index in [-0.39, 0.29) is 18.4 Å². The summed E-state index contributed by atoms with van der Waals surface area (Å²) in [6.07, 6.45) is -0.446. The van der Waals surface area contributed by atoms with Gasteiger partial charge < -0.3 is 25.6 Å². The van der Waals surface area contributed by atoms with Crippen LogP contribution in [0.3, 0.4) is 0 Å². The number of fused-ring (bicyclic) bond motifs is 1. The van der Waals surface area contributed by atoms with Crippen molar-refractivity contribution in [3.05, 3.63) is 24.3 Å². The van der Waals surface area contributed by atoms with E-state index in [0.717, 1.165) is 0 Å². The number of nitrogens with one attached hydrogen (secondary N) is 3. The van der Waals surface area contributed by atoms with Crippen LogP contribution in [-0.2, 0) is 19.1 Å². The molecule has 3 N–H and O–H groups in total. The first-order chi connectivity index (χ1) is 14.7. The number of carbonyl (C=O) groups is 4. The summed E-state index contributed by atoms with van der Waals surface area (Å²) in [6.45, 7) is 12.0. The Bertz CT molecular complexity index is 889. The van der Waals surface area contributed by atoms with Gasteiger partial charge in [0.1, 0.15) is 17.2 Å². The molecule has 176 valence electrons. The van der Waals surface area contributed by atoms with Crippen LogP contribution in [0.15, 0.2) is 24.3 Å². The fraction of sp³-hybridized carbons (Fsp3) is 0.565. The average Bonchev–Trinajstić information content (AvgIpc) is 2.75. The molecule has 0 unspecified atom stereocenters. The number of hydrogen-bond acceptors (Lipinski definition) is 5. The maximum Gasteiger partial charge on any atom is 0.408 e. The normalized spacial score (nSPS) is 16.6. The summed E-state index contributed by atoms with van der Waals surface area (Å²) in [7, 11) is 0. The van der Waals surface area contributed by atoms with Gasteiger partial charge in [-0.15, -0.1) is 0 Å². The van der Waals surface area contributed by atoms with E-state index in [2.05, 4.69) is 16.0 Å². The van der Waals surface area contributed by atoms with Gasteiger partial charge in [-0.2, -0.15) is 0 Å². The molecule has 0 spiro atoms. The van der Waals surface area contributed by atoms with E-state index in [1.165, 1.54) is 18.7 Å². The lowest BCUT2D eigenvalue weighted by Crippen LogP contribution is -2.60. The van der Waals surface area contributed by atoms with Crippen LogP contribution in [0, 0.1) is 5.92 Å². The van der Waals surface area contributed by atoms with Crippen molar-refractivity contribution in [2.24, 2.45) is 5.92 Å². The highest BCUT2D eigenvalue weighted by atomic mass is 16.6. The Labute approximate surface area is 189 Å². The van der Waals surface area contributed by atoms with Crippen molar-refractivity contribution in [3.63, 3.8) is 0 Å². The van der Waals surface area contributed by atoms with Gasteiger partial charge in [0.2, 0.25) is 17.7 Å². The molecule has 1 aliphatic heterocycles. The molecule has 2 rings (SSSR count). The van der Waals surface area contributed by atoms with Gasteiger partial charge in [0, 0.05) is 6.42 Å². The van der Waals surface area contributed by atoms with Crippen molar-refractivity contribution in [2.45, 2.75) is 72.1 Å². The predicted octanol–water partition coefficient (Wildman–Crippen LogP) is 2.81. The van der Waals surface area contributed by atoms with Crippen molar-refractivity contribution in [3.8, 4) is 0 Å². The molecule has 0 fully saturated rings. The zero-order valence-corrected chi connectivity index (χ0v) is 19.9. The van der Waals surface area contributed by atoms with Crippen molar-refractivity contribution in [2.75, 3.05) is 16.8 Å². The molecule has 0 bridgehead atoms. The summed E-state index contributed by atoms with van der Waals surface area (Å²) in [5.74, 6) is -1.04. The Hall–Kier alpha value is -3.10. The van der Waals surface area contributed by atoms with Gasteiger partial charge in [0.15, 0.2) is 0 Å². The highest BCUT2D eigenvalue weighted by Gasteiger charge is 2.37. The molecule has 0 aliphatic carbocycles. The van der Waals surface area contributed by atoms with Crippen LogP contribution in [0.25, 0.3) is 0 Å². The van der Waals surface area contributed by atoms with Crippen molar-refractivity contribution in [1.29, 1.82) is 0 Å². The lowest BCUT2D eigenvalue weighted by Gasteiger charge is -2.30. The van der Waals surface area contributed by atoms with Crippen LogP contribution >= 0.6 is 0 Å². The van der Waals surface area contributed by atoms with Gasteiger partial charge in [0.05, 0.1) is 17.9 Å². The zero-order valence-electron chi connectivity index (χ0n) is 19.9. The fourth-order valence-corrected chi connectivity index (χ4v) is 3.16. The number of para-hydroxylation sites is 2. The molecule has 0 aromatic heterocycles. The maximum atomic E-state index is 13.0. The lowest BCUT2D eigenvalue weighted by molar-refractivity contribution is -0.130. The SMILES string of the molecule is CC(C)CC(=O)N1C[C@H](NC(=O)C(C)(C)NC(=O)OC(C)(C)C)C(=O)Nc2ccccc21. The first kappa shape index (κ1) is 25.2. The van der Waals surface area contributed by atoms with E-state index in [1.54, 1.807) is 45.0 Å². The molecule has 4 amide bonds. The summed E-state index contributed by atoms with van der Waals surface area (Å²) in [5, 5.41) is 7.98. The molecular formula is C23H34N4O5. The maximum absolute atomic E-state index is 13.0. The van der Waals surface area contributed by atoms with E-state index < -0.39 is 35.1 Å². The summed E-state index contributed by atoms with van der Waals surface area (Å²) in [5.41, 5.74) is -0.998. The third kappa shape index (κ3) is 6.70. The molecule has 32 heavy (non-hydrogen) atoms. The number of rotatable bonds is 5. The molecule has 9 heteroatoms. The van der Waals surface area contributed by atoms with E-state index in [9.17, 15) is 19.2 Å². The van der Waals surface area contributed by atoms with Gasteiger partial charge in [-0.3, -0.25) is 14.4 Å². The second-order valence-corrected chi connectivity index (χ2v) is 9.89. The number of nitrogens with zero attached hydrogens (tertiary/aromatic N) is 1. The topological polar surface area (TPSA) is 117 Å². The highest BCUT2D eigenvalue weighted by Crippen LogP contribution is 2.29. The molecule has 9 nitrogen and oxygen atoms in total. The van der Waals surface area contributed by atoms with E-state index in [1.807, 2.05) is 13.8 Å². The Kier molecular flexibility index (Phi) is 7.54. The Morgan fingerprint density at radius 1 is 1.16 bits per heavy atom. The Balaban J connectivity index is 2.21. The quantitative estimate of drug-likeness (QED) is 0.643. The summed E-state index contributed by atoms with van der Waals surface area (Å²) < 4.78 is 5.22. The van der Waals surface area contributed by atoms with E-state index in [0.29, 0.717) is 17.8 Å². The molecular weight excluding hydrogens is 412 g/mol. The van der Waals surface area contributed by atoms with Crippen LogP contribution in [0.5, 0.6) is 0 Å². The molecule has 1 atom stereocenters. The minimum Gasteiger partial charge on any atom is -0.444 e. The molecule has 1 heterocycles. The molecule has 0 saturated heterocycles. The number of anilines is 2. The smallest absolute Gasteiger partial charge is 0.408 e. The monoisotopic (exact) mass is 446 g/mol. The van der Waals surface area contributed by atoms with Crippen molar-refractivity contribution < 1.29 is 23.9 Å². The van der Waals surface area contributed by atoms with Crippen LogP contribution in [0.4, 0.5) is 16.2 Å². The summed E-state index contributed by atoms with van der Waals surface area (Å²) >= 11 is 0. The summed E-state index contributed by atoms with van der Waals surface area (Å²) in [4.78, 5) is 52.4. The number of alkyl carbamates (subject to hydrolysis) is 1. The van der Waals surface area contributed by atoms with Crippen LogP contribution < -0.4 is 20.9 Å². The number of ether oxygens (including phenoxy) is 1. The number of hydrogen-bond donors (Lipinski definition) is 3. The van der Waals surface area contributed by atoms with E-state index >= 15 is 0 Å². The molecule has 1 aliphatic rings. The molecule has 1 aromatic carbocycles. The Morgan fingerprint density at radius 3 is 2.38 bits per heavy atom. The predicted molar refractivity (Wildman–Crippen MR) is 122 cm³/mol. The zero-order chi connectivity index (χ0) is 24.3. The van der Waals surface area contributed by atoms with Gasteiger partial charge >= 0.3 is 6.09 Å². The third-order valence-electron chi connectivity index (χ3n) is 4.70. The number of benzene rings is 1. The summed E-state index contributed by atoms with van der Waals surface area (Å²) in [6, 6.07) is 6.00. The molecule has 0 radical (unpaired) electrons. The third-order valence-corrected chi connectivity index (χ3v) is 4.70. The molecule has 1 aromatic rings. The van der Waals surface area contributed by atoms with Crippen LogP contribution in [0.1, 0.15) is 54.9 Å². The average molecular weight is 447 g/mol. The molecule has 0 saturated carbocycles. The highest BCUT2D eigenvalue weighted by molar-refractivity contribution is 6.07. The van der Waals surface area contributed by atoms with Gasteiger partial charge in [-0.25, -0.2) is 4.79 Å². The van der Waals surface area contributed by atoms with Crippen LogP contribution in [0.2, 0.25) is 0 Å². The minimum atomic E-state index is -1.35. The van der Waals surface area contributed by atoms with Crippen molar-refractivity contribution >= 4 is 35.2 Å². The second-order valence-electron chi connectivity index (χ2n) is 9.89. The fourth-order valence-electron chi connectivity index (χ4n) is 3.16. The largest absolute Gasteiger partial charge is 0.444 e. The second kappa shape index (κ2) is 9.58. The minimum absolute atomic E-state index is 0.0251. The number of carbonyl (C=O) groups excluding carboxylic acids is 4. The number of amides is 4. The van der Waals surface area contributed by atoms with Gasteiger partial charge in [-0.05, 0) is 52.7 Å². The first-order valence-corrected chi connectivity index (χ1v) is 10.7. The Morgan fingerprint density at radius 2 is 1.78 bits per heavy atom. The van der Waals surface area contributed by atoms with Crippen molar-refractivity contribution in [1.82, 2.24) is 10.6 Å². The standard InChI is InChI=1S/C23H34N4O5/c1-14(2)12-18(28)27-13-16(19(29)24-15-10-8-9-11-17(15)27)25-20(30)23(6,7)26-21(31)32-22(3,4)5/h8-11,14,16H,12-13H2,1-7H3,(H,24,29)(H,25,30)(H,26,31)/t16-/m0/s1. The first-order valence-electron chi connectivity index (χ1n) is 10.7.